The van der Waals surface area contributed by atoms with E-state index in [1.165, 1.54) is 5.56 Å². The Morgan fingerprint density at radius 1 is 1.36 bits per heavy atom. The first-order chi connectivity index (χ1) is 10.7. The first-order valence-corrected chi connectivity index (χ1v) is 7.00. The monoisotopic (exact) mass is 296 g/mol. The van der Waals surface area contributed by atoms with Crippen molar-refractivity contribution in [2.75, 3.05) is 5.43 Å². The summed E-state index contributed by atoms with van der Waals surface area (Å²) in [7, 11) is 0. The molecule has 2 heterocycles. The second-order valence-electron chi connectivity index (χ2n) is 4.90. The number of para-hydroxylation sites is 1. The van der Waals surface area contributed by atoms with Crippen LogP contribution < -0.4 is 11.0 Å². The number of hydrazone groups is 1. The quantitative estimate of drug-likeness (QED) is 0.506. The van der Waals surface area contributed by atoms with Gasteiger partial charge in [0.1, 0.15) is 5.69 Å². The number of hydrogen-bond acceptors (Lipinski definition) is 5. The molecule has 3 N–H and O–H groups in total. The maximum Gasteiger partial charge on any atom is 0.274 e. The number of H-pyrrole nitrogens is 2. The second-order valence-corrected chi connectivity index (χ2v) is 4.90. The highest BCUT2D eigenvalue weighted by molar-refractivity contribution is 6.00. The van der Waals surface area contributed by atoms with Gasteiger partial charge in [0, 0.05) is 22.7 Å². The zero-order valence-corrected chi connectivity index (χ0v) is 12.3. The number of rotatable bonds is 4. The molecule has 2 aromatic heterocycles. The Bertz CT molecular complexity index is 892. The summed E-state index contributed by atoms with van der Waals surface area (Å²) in [5.74, 6) is 0.209. The van der Waals surface area contributed by atoms with Crippen molar-refractivity contribution in [3.05, 3.63) is 51.6 Å². The molecule has 7 heteroatoms. The van der Waals surface area contributed by atoms with Crippen molar-refractivity contribution in [1.82, 2.24) is 20.2 Å². The SMILES string of the molecule is CCc1cccc2c(/C=N/Nc3nnc(C)c(=O)[nH]3)c[nH]c12. The third kappa shape index (κ3) is 2.60. The van der Waals surface area contributed by atoms with Crippen LogP contribution in [-0.2, 0) is 6.42 Å². The van der Waals surface area contributed by atoms with Gasteiger partial charge in [0.05, 0.1) is 6.21 Å². The van der Waals surface area contributed by atoms with Gasteiger partial charge in [0.25, 0.3) is 5.56 Å². The summed E-state index contributed by atoms with van der Waals surface area (Å²) in [4.78, 5) is 17.2. The van der Waals surface area contributed by atoms with Crippen LogP contribution in [0, 0.1) is 6.92 Å². The van der Waals surface area contributed by atoms with Crippen LogP contribution in [0.25, 0.3) is 10.9 Å². The summed E-state index contributed by atoms with van der Waals surface area (Å²) < 4.78 is 0. The number of anilines is 1. The van der Waals surface area contributed by atoms with Gasteiger partial charge >= 0.3 is 0 Å². The van der Waals surface area contributed by atoms with Crippen molar-refractivity contribution >= 4 is 23.1 Å². The summed E-state index contributed by atoms with van der Waals surface area (Å²) in [6.07, 6.45) is 4.55. The molecule has 0 saturated carbocycles. The van der Waals surface area contributed by atoms with Crippen molar-refractivity contribution in [1.29, 1.82) is 0 Å². The average molecular weight is 296 g/mol. The molecule has 0 aliphatic heterocycles. The van der Waals surface area contributed by atoms with Crippen LogP contribution in [-0.4, -0.2) is 26.4 Å². The number of hydrogen-bond donors (Lipinski definition) is 3. The fraction of sp³-hybridized carbons (Fsp3) is 0.200. The van der Waals surface area contributed by atoms with Gasteiger partial charge in [-0.15, -0.1) is 10.2 Å². The topological polar surface area (TPSA) is 98.8 Å². The van der Waals surface area contributed by atoms with E-state index >= 15 is 0 Å². The molecule has 1 aromatic carbocycles. The van der Waals surface area contributed by atoms with Crippen molar-refractivity contribution in [2.45, 2.75) is 20.3 Å². The summed E-state index contributed by atoms with van der Waals surface area (Å²) in [5, 5.41) is 12.7. The van der Waals surface area contributed by atoms with Gasteiger partial charge in [-0.3, -0.25) is 9.78 Å². The first-order valence-electron chi connectivity index (χ1n) is 7.00. The van der Waals surface area contributed by atoms with E-state index in [-0.39, 0.29) is 11.5 Å². The molecule has 7 nitrogen and oxygen atoms in total. The van der Waals surface area contributed by atoms with Crippen molar-refractivity contribution in [3.63, 3.8) is 0 Å². The Kier molecular flexibility index (Phi) is 3.69. The van der Waals surface area contributed by atoms with Gasteiger partial charge in [-0.1, -0.05) is 25.1 Å². The minimum absolute atomic E-state index is 0.209. The summed E-state index contributed by atoms with van der Waals surface area (Å²) >= 11 is 0. The minimum Gasteiger partial charge on any atom is -0.360 e. The van der Waals surface area contributed by atoms with Crippen molar-refractivity contribution in [3.8, 4) is 0 Å². The molecule has 0 bridgehead atoms. The number of benzene rings is 1. The number of nitrogens with zero attached hydrogens (tertiary/aromatic N) is 3. The molecule has 0 spiro atoms. The Hall–Kier alpha value is -2.96. The second kappa shape index (κ2) is 5.80. The molecule has 3 rings (SSSR count). The molecule has 0 fully saturated rings. The maximum atomic E-state index is 11.4. The van der Waals surface area contributed by atoms with E-state index in [2.05, 4.69) is 43.7 Å². The lowest BCUT2D eigenvalue weighted by Gasteiger charge is -1.99. The molecule has 0 radical (unpaired) electrons. The van der Waals surface area contributed by atoms with E-state index in [0.29, 0.717) is 5.69 Å². The predicted molar refractivity (Wildman–Crippen MR) is 86.3 cm³/mol. The smallest absolute Gasteiger partial charge is 0.274 e. The predicted octanol–water partition coefficient (Wildman–Crippen LogP) is 1.96. The highest BCUT2D eigenvalue weighted by Gasteiger charge is 2.04. The zero-order chi connectivity index (χ0) is 15.5. The van der Waals surface area contributed by atoms with E-state index in [1.807, 2.05) is 18.3 Å². The van der Waals surface area contributed by atoms with Crippen LogP contribution >= 0.6 is 0 Å². The lowest BCUT2D eigenvalue weighted by Crippen LogP contribution is -2.15. The molecule has 0 amide bonds. The van der Waals surface area contributed by atoms with Gasteiger partial charge in [0.2, 0.25) is 5.95 Å². The normalized spacial score (nSPS) is 11.4. The Morgan fingerprint density at radius 2 is 2.23 bits per heavy atom. The number of aromatic nitrogens is 4. The molecule has 112 valence electrons. The standard InChI is InChI=1S/C15H16N6O/c1-3-10-5-4-6-12-11(7-16-13(10)12)8-17-20-15-18-14(22)9(2)19-21-15/h4-8,16H,3H2,1-2H3,(H2,18,20,21,22)/b17-8+. The molecular formula is C15H16N6O. The van der Waals surface area contributed by atoms with Gasteiger partial charge < -0.3 is 4.98 Å². The molecule has 0 aliphatic carbocycles. The third-order valence-corrected chi connectivity index (χ3v) is 3.45. The fourth-order valence-corrected chi connectivity index (χ4v) is 2.25. The van der Waals surface area contributed by atoms with Gasteiger partial charge in [-0.25, -0.2) is 5.43 Å². The first kappa shape index (κ1) is 14.0. The molecule has 22 heavy (non-hydrogen) atoms. The summed E-state index contributed by atoms with van der Waals surface area (Å²) in [6, 6.07) is 6.17. The van der Waals surface area contributed by atoms with Gasteiger partial charge in [-0.05, 0) is 18.9 Å². The molecule has 0 atom stereocenters. The van der Waals surface area contributed by atoms with Crippen LogP contribution in [0.4, 0.5) is 5.95 Å². The van der Waals surface area contributed by atoms with Crippen LogP contribution in [0.5, 0.6) is 0 Å². The molecular weight excluding hydrogens is 280 g/mol. The Labute approximate surface area is 126 Å². The minimum atomic E-state index is -0.285. The van der Waals surface area contributed by atoms with Crippen LogP contribution in [0.15, 0.2) is 34.3 Å². The highest BCUT2D eigenvalue weighted by atomic mass is 16.1. The van der Waals surface area contributed by atoms with E-state index in [1.54, 1.807) is 13.1 Å². The van der Waals surface area contributed by atoms with Crippen molar-refractivity contribution in [2.24, 2.45) is 5.10 Å². The van der Waals surface area contributed by atoms with Gasteiger partial charge in [0.15, 0.2) is 0 Å². The summed E-state index contributed by atoms with van der Waals surface area (Å²) in [5.41, 5.74) is 6.05. The van der Waals surface area contributed by atoms with E-state index in [4.69, 9.17) is 0 Å². The Balaban J connectivity index is 1.84. The van der Waals surface area contributed by atoms with E-state index in [0.717, 1.165) is 22.9 Å². The van der Waals surface area contributed by atoms with E-state index in [9.17, 15) is 4.79 Å². The molecule has 0 aliphatic rings. The largest absolute Gasteiger partial charge is 0.360 e. The maximum absolute atomic E-state index is 11.4. The molecule has 0 unspecified atom stereocenters. The average Bonchev–Trinajstić information content (AvgIpc) is 2.94. The summed E-state index contributed by atoms with van der Waals surface area (Å²) in [6.45, 7) is 3.72. The molecule has 3 aromatic rings. The van der Waals surface area contributed by atoms with E-state index < -0.39 is 0 Å². The van der Waals surface area contributed by atoms with Crippen LogP contribution in [0.3, 0.4) is 0 Å². The lowest BCUT2D eigenvalue weighted by molar-refractivity contribution is 0.897. The Morgan fingerprint density at radius 3 is 3.00 bits per heavy atom. The van der Waals surface area contributed by atoms with Crippen molar-refractivity contribution < 1.29 is 0 Å². The fourth-order valence-electron chi connectivity index (χ4n) is 2.25. The van der Waals surface area contributed by atoms with Crippen LogP contribution in [0.2, 0.25) is 0 Å². The number of aryl methyl sites for hydroxylation is 2. The zero-order valence-electron chi connectivity index (χ0n) is 12.3. The highest BCUT2D eigenvalue weighted by Crippen LogP contribution is 2.20. The third-order valence-electron chi connectivity index (χ3n) is 3.45. The number of fused-ring (bicyclic) bond motifs is 1. The number of nitrogens with one attached hydrogen (secondary N) is 3. The number of aromatic amines is 2. The van der Waals surface area contributed by atoms with Gasteiger partial charge in [-0.2, -0.15) is 5.10 Å². The van der Waals surface area contributed by atoms with Crippen LogP contribution in [0.1, 0.15) is 23.7 Å². The lowest BCUT2D eigenvalue weighted by atomic mass is 10.1. The molecule has 0 saturated heterocycles.